The highest BCUT2D eigenvalue weighted by Crippen LogP contribution is 2.36. The van der Waals surface area contributed by atoms with Crippen molar-refractivity contribution in [2.45, 2.75) is 11.7 Å². The van der Waals surface area contributed by atoms with Crippen LogP contribution < -0.4 is 4.90 Å². The molecule has 1 spiro atoms. The van der Waals surface area contributed by atoms with E-state index in [-0.39, 0.29) is 38.8 Å². The fraction of sp³-hybridized carbons (Fsp3) is 0.350. The van der Waals surface area contributed by atoms with Gasteiger partial charge in [-0.1, -0.05) is 18.2 Å². The number of morpholine rings is 1. The molecule has 2 aromatic rings. The van der Waals surface area contributed by atoms with Gasteiger partial charge in [-0.25, -0.2) is 0 Å². The average Bonchev–Trinajstić information content (AvgIpc) is 2.93. The molecular weight excluding hydrogens is 384 g/mol. The summed E-state index contributed by atoms with van der Waals surface area (Å²) >= 11 is 0. The zero-order chi connectivity index (χ0) is 20.5. The summed E-state index contributed by atoms with van der Waals surface area (Å²) in [5.74, 6) is -1.78. The van der Waals surface area contributed by atoms with Gasteiger partial charge in [0.25, 0.3) is 5.91 Å². The summed E-state index contributed by atoms with van der Waals surface area (Å²) in [6.45, 7) is -0.0742. The Morgan fingerprint density at radius 2 is 1.79 bits per heavy atom. The molecule has 2 aliphatic heterocycles. The van der Waals surface area contributed by atoms with Crippen LogP contribution in [0, 0.1) is 0 Å². The fourth-order valence-corrected chi connectivity index (χ4v) is 3.59. The van der Waals surface area contributed by atoms with Crippen molar-refractivity contribution in [1.29, 1.82) is 0 Å². The SMILES string of the molecule is O=C(c1ccncc1)N1CCOCC2(C1)CN(c1ccccc1)C(=O)C(F)(F)O2. The van der Waals surface area contributed by atoms with Crippen molar-refractivity contribution in [2.75, 3.05) is 37.7 Å². The van der Waals surface area contributed by atoms with Crippen LogP contribution >= 0.6 is 0 Å². The van der Waals surface area contributed by atoms with E-state index < -0.39 is 17.6 Å². The van der Waals surface area contributed by atoms with Crippen molar-refractivity contribution in [1.82, 2.24) is 9.88 Å². The van der Waals surface area contributed by atoms with E-state index in [2.05, 4.69) is 4.98 Å². The van der Waals surface area contributed by atoms with Crippen LogP contribution in [0.3, 0.4) is 0 Å². The molecule has 2 amide bonds. The first-order valence-corrected chi connectivity index (χ1v) is 9.12. The summed E-state index contributed by atoms with van der Waals surface area (Å²) < 4.78 is 39.7. The number of benzene rings is 1. The number of rotatable bonds is 2. The molecule has 1 aromatic carbocycles. The average molecular weight is 403 g/mol. The lowest BCUT2D eigenvalue weighted by molar-refractivity contribution is -0.293. The molecule has 152 valence electrons. The second-order valence-electron chi connectivity index (χ2n) is 7.04. The summed E-state index contributed by atoms with van der Waals surface area (Å²) in [4.78, 5) is 31.5. The number of carbonyl (C=O) groups is 2. The predicted octanol–water partition coefficient (Wildman–Crippen LogP) is 1.95. The van der Waals surface area contributed by atoms with Gasteiger partial charge in [-0.15, -0.1) is 0 Å². The molecule has 0 radical (unpaired) electrons. The van der Waals surface area contributed by atoms with E-state index in [9.17, 15) is 18.4 Å². The molecule has 1 atom stereocenters. The number of hydrogen-bond donors (Lipinski definition) is 0. The van der Waals surface area contributed by atoms with E-state index in [4.69, 9.17) is 9.47 Å². The smallest absolute Gasteiger partial charge is 0.376 e. The Balaban J connectivity index is 1.65. The Bertz CT molecular complexity index is 897. The molecule has 1 aromatic heterocycles. The molecule has 4 rings (SSSR count). The monoisotopic (exact) mass is 403 g/mol. The highest BCUT2D eigenvalue weighted by Gasteiger charge is 2.58. The van der Waals surface area contributed by atoms with Gasteiger partial charge in [-0.2, -0.15) is 8.78 Å². The molecule has 29 heavy (non-hydrogen) atoms. The highest BCUT2D eigenvalue weighted by molar-refractivity contribution is 5.98. The maximum Gasteiger partial charge on any atom is 0.437 e. The largest absolute Gasteiger partial charge is 0.437 e. The van der Waals surface area contributed by atoms with E-state index >= 15 is 0 Å². The Morgan fingerprint density at radius 1 is 1.07 bits per heavy atom. The van der Waals surface area contributed by atoms with Gasteiger partial charge in [-0.05, 0) is 24.3 Å². The first-order valence-electron chi connectivity index (χ1n) is 9.12. The van der Waals surface area contributed by atoms with E-state index in [0.29, 0.717) is 11.3 Å². The normalized spacial score (nSPS) is 24.4. The Morgan fingerprint density at radius 3 is 2.52 bits per heavy atom. The number of amides is 2. The molecular formula is C20H19F2N3O4. The van der Waals surface area contributed by atoms with Crippen molar-refractivity contribution in [3.8, 4) is 0 Å². The Hall–Kier alpha value is -2.91. The third-order valence-electron chi connectivity index (χ3n) is 4.92. The molecule has 2 aliphatic rings. The summed E-state index contributed by atoms with van der Waals surface area (Å²) in [7, 11) is 0. The van der Waals surface area contributed by atoms with Crippen molar-refractivity contribution in [3.05, 3.63) is 60.4 Å². The Kier molecular flexibility index (Phi) is 5.01. The van der Waals surface area contributed by atoms with E-state index in [0.717, 1.165) is 4.90 Å². The number of para-hydroxylation sites is 1. The molecule has 2 fully saturated rings. The van der Waals surface area contributed by atoms with Crippen LogP contribution in [0.5, 0.6) is 0 Å². The lowest BCUT2D eigenvalue weighted by Gasteiger charge is -2.45. The van der Waals surface area contributed by atoms with Gasteiger partial charge < -0.3 is 14.5 Å². The minimum absolute atomic E-state index is 0.139. The minimum atomic E-state index is -4.03. The van der Waals surface area contributed by atoms with Crippen LogP contribution in [-0.4, -0.2) is 66.3 Å². The molecule has 2 saturated heterocycles. The summed E-state index contributed by atoms with van der Waals surface area (Å²) in [6.07, 6.45) is -1.07. The molecule has 1 unspecified atom stereocenters. The number of anilines is 1. The molecule has 0 bridgehead atoms. The maximum absolute atomic E-state index is 14.6. The molecule has 0 N–H and O–H groups in total. The van der Waals surface area contributed by atoms with Gasteiger partial charge in [0.2, 0.25) is 0 Å². The number of halogens is 2. The van der Waals surface area contributed by atoms with Crippen LogP contribution in [0.15, 0.2) is 54.9 Å². The number of nitrogens with zero attached hydrogens (tertiary/aromatic N) is 3. The zero-order valence-electron chi connectivity index (χ0n) is 15.5. The van der Waals surface area contributed by atoms with Crippen LogP contribution in [0.1, 0.15) is 10.4 Å². The quantitative estimate of drug-likeness (QED) is 0.767. The molecule has 9 heteroatoms. The first-order chi connectivity index (χ1) is 13.9. The third-order valence-corrected chi connectivity index (χ3v) is 4.92. The Labute approximate surface area is 165 Å². The standard InChI is InChI=1S/C20H19F2N3O4/c21-20(22)18(27)25(16-4-2-1-3-5-16)13-19(29-20)12-24(10-11-28-14-19)17(26)15-6-8-23-9-7-15/h1-9H,10-14H2. The molecule has 3 heterocycles. The minimum Gasteiger partial charge on any atom is -0.376 e. The molecule has 7 nitrogen and oxygen atoms in total. The van der Waals surface area contributed by atoms with Gasteiger partial charge in [-0.3, -0.25) is 19.3 Å². The summed E-state index contributed by atoms with van der Waals surface area (Å²) in [5, 5.41) is 0. The third kappa shape index (κ3) is 3.83. The second kappa shape index (κ2) is 7.49. The van der Waals surface area contributed by atoms with Gasteiger partial charge in [0.1, 0.15) is 5.60 Å². The predicted molar refractivity (Wildman–Crippen MR) is 98.5 cm³/mol. The maximum atomic E-state index is 14.6. The van der Waals surface area contributed by atoms with Gasteiger partial charge in [0, 0.05) is 30.2 Å². The number of aromatic nitrogens is 1. The van der Waals surface area contributed by atoms with E-state index in [1.165, 1.54) is 17.3 Å². The highest BCUT2D eigenvalue weighted by atomic mass is 19.3. The molecule has 0 saturated carbocycles. The van der Waals surface area contributed by atoms with Gasteiger partial charge in [0.15, 0.2) is 0 Å². The van der Waals surface area contributed by atoms with E-state index in [1.807, 2.05) is 0 Å². The zero-order valence-corrected chi connectivity index (χ0v) is 15.5. The summed E-state index contributed by atoms with van der Waals surface area (Å²) in [5.41, 5.74) is -0.848. The molecule has 0 aliphatic carbocycles. The number of pyridine rings is 1. The lowest BCUT2D eigenvalue weighted by atomic mass is 10.00. The van der Waals surface area contributed by atoms with Crippen LogP contribution in [-0.2, 0) is 14.3 Å². The first kappa shape index (κ1) is 19.4. The van der Waals surface area contributed by atoms with Crippen molar-refractivity contribution in [2.24, 2.45) is 0 Å². The van der Waals surface area contributed by atoms with Crippen LogP contribution in [0.2, 0.25) is 0 Å². The van der Waals surface area contributed by atoms with Crippen molar-refractivity contribution < 1.29 is 27.8 Å². The fourth-order valence-electron chi connectivity index (χ4n) is 3.59. The van der Waals surface area contributed by atoms with E-state index in [1.54, 1.807) is 42.5 Å². The second-order valence-corrected chi connectivity index (χ2v) is 7.04. The number of hydrogen-bond acceptors (Lipinski definition) is 5. The number of alkyl halides is 2. The summed E-state index contributed by atoms with van der Waals surface area (Å²) in [6, 6.07) is 11.3. The van der Waals surface area contributed by atoms with Gasteiger partial charge >= 0.3 is 12.0 Å². The topological polar surface area (TPSA) is 72.0 Å². The lowest BCUT2D eigenvalue weighted by Crippen LogP contribution is -2.66. The van der Waals surface area contributed by atoms with Gasteiger partial charge in [0.05, 0.1) is 26.3 Å². The van der Waals surface area contributed by atoms with Crippen molar-refractivity contribution in [3.63, 3.8) is 0 Å². The van der Waals surface area contributed by atoms with Crippen LogP contribution in [0.25, 0.3) is 0 Å². The van der Waals surface area contributed by atoms with Crippen LogP contribution in [0.4, 0.5) is 14.5 Å². The number of carbonyl (C=O) groups excluding carboxylic acids is 2. The number of ether oxygens (including phenoxy) is 2. The van der Waals surface area contributed by atoms with Crippen molar-refractivity contribution >= 4 is 17.5 Å².